The van der Waals surface area contributed by atoms with Gasteiger partial charge in [-0.2, -0.15) is 5.10 Å². The van der Waals surface area contributed by atoms with Gasteiger partial charge in [0, 0.05) is 11.9 Å². The Hall–Kier alpha value is -1.38. The molecule has 0 saturated heterocycles. The number of nitrogens with zero attached hydrogens (tertiary/aromatic N) is 2. The van der Waals surface area contributed by atoms with Crippen LogP contribution in [0.2, 0.25) is 0 Å². The number of benzene rings is 1. The smallest absolute Gasteiger partial charge is 0.124 e. The molecule has 2 rings (SSSR count). The van der Waals surface area contributed by atoms with Gasteiger partial charge in [0.1, 0.15) is 5.82 Å². The van der Waals surface area contributed by atoms with Crippen LogP contribution in [0.1, 0.15) is 26.5 Å². The molecular formula is C12H17FN2. The average Bonchev–Trinajstić information content (AvgIpc) is 2.58. The van der Waals surface area contributed by atoms with Gasteiger partial charge in [0.05, 0.1) is 11.2 Å². The molecule has 0 amide bonds. The monoisotopic (exact) mass is 208 g/mol. The van der Waals surface area contributed by atoms with Gasteiger partial charge in [-0.15, -0.1) is 0 Å². The van der Waals surface area contributed by atoms with Crippen molar-refractivity contribution in [2.24, 2.45) is 0 Å². The number of aryl methyl sites for hydroxylation is 2. The van der Waals surface area contributed by atoms with Gasteiger partial charge < -0.3 is 0 Å². The Labute approximate surface area is 89.7 Å². The lowest BCUT2D eigenvalue weighted by Crippen LogP contribution is -1.95. The molecule has 0 saturated carbocycles. The molecule has 0 N–H and O–H groups in total. The second-order valence-corrected chi connectivity index (χ2v) is 3.06. The molecule has 0 bridgehead atoms. The van der Waals surface area contributed by atoms with Crippen molar-refractivity contribution in [3.05, 3.63) is 29.7 Å². The lowest BCUT2D eigenvalue weighted by Gasteiger charge is -1.96. The molecule has 15 heavy (non-hydrogen) atoms. The van der Waals surface area contributed by atoms with Gasteiger partial charge in [-0.05, 0) is 32.0 Å². The number of aromatic nitrogens is 2. The first-order chi connectivity index (χ1) is 7.22. The maximum absolute atomic E-state index is 12.9. The van der Waals surface area contributed by atoms with Gasteiger partial charge in [0.2, 0.25) is 0 Å². The summed E-state index contributed by atoms with van der Waals surface area (Å²) in [6.07, 6.45) is 0. The lowest BCUT2D eigenvalue weighted by atomic mass is 10.2. The fourth-order valence-corrected chi connectivity index (χ4v) is 1.55. The first-order valence-electron chi connectivity index (χ1n) is 5.35. The van der Waals surface area contributed by atoms with Crippen LogP contribution in [0.25, 0.3) is 10.9 Å². The highest BCUT2D eigenvalue weighted by Gasteiger charge is 2.05. The zero-order chi connectivity index (χ0) is 11.4. The van der Waals surface area contributed by atoms with E-state index in [1.54, 1.807) is 6.07 Å². The third-order valence-corrected chi connectivity index (χ3v) is 2.20. The van der Waals surface area contributed by atoms with E-state index < -0.39 is 0 Å². The Morgan fingerprint density at radius 1 is 1.33 bits per heavy atom. The number of fused-ring (bicyclic) bond motifs is 1. The topological polar surface area (TPSA) is 17.8 Å². The van der Waals surface area contributed by atoms with Crippen molar-refractivity contribution in [3.63, 3.8) is 0 Å². The summed E-state index contributed by atoms with van der Waals surface area (Å²) in [7, 11) is 0. The maximum atomic E-state index is 12.9. The van der Waals surface area contributed by atoms with Crippen molar-refractivity contribution in [1.29, 1.82) is 0 Å². The standard InChI is InChI=1S/C10H11FN2.C2H6/c1-3-13-10-5-4-8(11)6-9(10)7(2)12-13;1-2/h4-6H,3H2,1-2H3;1-2H3. The molecule has 0 unspecified atom stereocenters. The van der Waals surface area contributed by atoms with Crippen molar-refractivity contribution >= 4 is 10.9 Å². The van der Waals surface area contributed by atoms with Gasteiger partial charge in [-0.3, -0.25) is 4.68 Å². The highest BCUT2D eigenvalue weighted by atomic mass is 19.1. The van der Waals surface area contributed by atoms with E-state index in [9.17, 15) is 4.39 Å². The van der Waals surface area contributed by atoms with E-state index in [0.717, 1.165) is 23.1 Å². The summed E-state index contributed by atoms with van der Waals surface area (Å²) in [6, 6.07) is 4.77. The van der Waals surface area contributed by atoms with Gasteiger partial charge in [0.15, 0.2) is 0 Å². The minimum atomic E-state index is -0.203. The molecule has 3 heteroatoms. The van der Waals surface area contributed by atoms with Crippen LogP contribution in [-0.2, 0) is 6.54 Å². The molecule has 0 aliphatic heterocycles. The summed E-state index contributed by atoms with van der Waals surface area (Å²) < 4.78 is 14.8. The van der Waals surface area contributed by atoms with Crippen LogP contribution in [0.5, 0.6) is 0 Å². The Bertz CT molecular complexity index is 446. The van der Waals surface area contributed by atoms with Crippen LogP contribution < -0.4 is 0 Å². The molecule has 0 fully saturated rings. The molecular weight excluding hydrogens is 191 g/mol. The Morgan fingerprint density at radius 2 is 2.00 bits per heavy atom. The van der Waals surface area contributed by atoms with Crippen LogP contribution in [0.4, 0.5) is 4.39 Å². The number of halogens is 1. The molecule has 0 radical (unpaired) electrons. The van der Waals surface area contributed by atoms with Crippen molar-refractivity contribution in [2.75, 3.05) is 0 Å². The summed E-state index contributed by atoms with van der Waals surface area (Å²) in [5.41, 5.74) is 1.89. The molecule has 1 aromatic carbocycles. The molecule has 1 aromatic heterocycles. The summed E-state index contributed by atoms with van der Waals surface area (Å²) in [5.74, 6) is -0.203. The van der Waals surface area contributed by atoms with E-state index in [4.69, 9.17) is 0 Å². The molecule has 1 heterocycles. The average molecular weight is 208 g/mol. The zero-order valence-electron chi connectivity index (χ0n) is 9.71. The summed E-state index contributed by atoms with van der Waals surface area (Å²) in [5, 5.41) is 5.20. The van der Waals surface area contributed by atoms with E-state index >= 15 is 0 Å². The van der Waals surface area contributed by atoms with Crippen LogP contribution >= 0.6 is 0 Å². The van der Waals surface area contributed by atoms with E-state index in [-0.39, 0.29) is 5.82 Å². The Balaban J connectivity index is 0.000000531. The fourth-order valence-electron chi connectivity index (χ4n) is 1.55. The van der Waals surface area contributed by atoms with Crippen LogP contribution in [0, 0.1) is 12.7 Å². The van der Waals surface area contributed by atoms with E-state index in [0.29, 0.717) is 0 Å². The predicted octanol–water partition coefficient (Wildman–Crippen LogP) is 3.53. The SMILES string of the molecule is CC.CCn1nc(C)c2cc(F)ccc21. The molecule has 0 spiro atoms. The minimum Gasteiger partial charge on any atom is -0.265 e. The van der Waals surface area contributed by atoms with E-state index in [2.05, 4.69) is 5.10 Å². The van der Waals surface area contributed by atoms with Gasteiger partial charge in [-0.25, -0.2) is 4.39 Å². The lowest BCUT2D eigenvalue weighted by molar-refractivity contribution is 0.629. The molecule has 82 valence electrons. The van der Waals surface area contributed by atoms with E-state index in [1.807, 2.05) is 32.4 Å². The first-order valence-corrected chi connectivity index (χ1v) is 5.35. The van der Waals surface area contributed by atoms with Crippen LogP contribution in [-0.4, -0.2) is 9.78 Å². The third kappa shape index (κ3) is 2.17. The first kappa shape index (κ1) is 11.7. The highest BCUT2D eigenvalue weighted by molar-refractivity contribution is 5.81. The maximum Gasteiger partial charge on any atom is 0.124 e. The van der Waals surface area contributed by atoms with E-state index in [1.165, 1.54) is 12.1 Å². The van der Waals surface area contributed by atoms with Gasteiger partial charge >= 0.3 is 0 Å². The van der Waals surface area contributed by atoms with Gasteiger partial charge in [0.25, 0.3) is 0 Å². The van der Waals surface area contributed by atoms with Gasteiger partial charge in [-0.1, -0.05) is 13.8 Å². The highest BCUT2D eigenvalue weighted by Crippen LogP contribution is 2.18. The second-order valence-electron chi connectivity index (χ2n) is 3.06. The van der Waals surface area contributed by atoms with Crippen molar-refractivity contribution in [1.82, 2.24) is 9.78 Å². The number of rotatable bonds is 1. The van der Waals surface area contributed by atoms with Crippen molar-refractivity contribution in [3.8, 4) is 0 Å². The minimum absolute atomic E-state index is 0.203. The quantitative estimate of drug-likeness (QED) is 0.701. The van der Waals surface area contributed by atoms with Crippen molar-refractivity contribution < 1.29 is 4.39 Å². The number of hydrogen-bond donors (Lipinski definition) is 0. The molecule has 2 nitrogen and oxygen atoms in total. The predicted molar refractivity (Wildman–Crippen MR) is 61.5 cm³/mol. The normalized spacial score (nSPS) is 9.93. The summed E-state index contributed by atoms with van der Waals surface area (Å²) in [4.78, 5) is 0. The zero-order valence-corrected chi connectivity index (χ0v) is 9.71. The Kier molecular flexibility index (Phi) is 3.83. The number of hydrogen-bond acceptors (Lipinski definition) is 1. The molecule has 0 aliphatic rings. The summed E-state index contributed by atoms with van der Waals surface area (Å²) in [6.45, 7) is 8.74. The Morgan fingerprint density at radius 3 is 2.60 bits per heavy atom. The largest absolute Gasteiger partial charge is 0.265 e. The van der Waals surface area contributed by atoms with Crippen LogP contribution in [0.15, 0.2) is 18.2 Å². The second kappa shape index (κ2) is 4.91. The molecule has 2 aromatic rings. The fraction of sp³-hybridized carbons (Fsp3) is 0.417. The van der Waals surface area contributed by atoms with Crippen molar-refractivity contribution in [2.45, 2.75) is 34.2 Å². The molecule has 0 atom stereocenters. The third-order valence-electron chi connectivity index (χ3n) is 2.20. The molecule has 0 aliphatic carbocycles. The summed E-state index contributed by atoms with van der Waals surface area (Å²) >= 11 is 0. The van der Waals surface area contributed by atoms with Crippen LogP contribution in [0.3, 0.4) is 0 Å².